The third-order valence-electron chi connectivity index (χ3n) is 22.6. The first-order valence-electron chi connectivity index (χ1n) is 45.2. The van der Waals surface area contributed by atoms with Crippen molar-refractivity contribution in [3.8, 4) is 22.3 Å². The Labute approximate surface area is 767 Å². The van der Waals surface area contributed by atoms with Gasteiger partial charge in [0.2, 0.25) is 0 Å². The lowest BCUT2D eigenvalue weighted by Gasteiger charge is -2.32. The van der Waals surface area contributed by atoms with Gasteiger partial charge in [0.25, 0.3) is 0 Å². The molecule has 6 heteroatoms. The highest BCUT2D eigenvalue weighted by Crippen LogP contribution is 2.52. The number of rotatable bonds is 20. The molecule has 0 amide bonds. The predicted molar refractivity (Wildman–Crippen MR) is 562 cm³/mol. The normalized spacial score (nSPS) is 10.5. The van der Waals surface area contributed by atoms with Gasteiger partial charge in [-0.05, 0) is 221 Å². The predicted octanol–water partition coefficient (Wildman–Crippen LogP) is 36.9. The van der Waals surface area contributed by atoms with Gasteiger partial charge in [-0.1, -0.05) is 387 Å². The topological polar surface area (TPSA) is 19.4 Å². The Morgan fingerprint density at radius 2 is 0.231 bits per heavy atom. The Balaban J connectivity index is 0.000000139. The molecule has 21 rings (SSSR count). The van der Waals surface area contributed by atoms with Gasteiger partial charge in [0.1, 0.15) is 0 Å². The number of para-hydroxylation sites is 11. The van der Waals surface area contributed by atoms with Crippen LogP contribution in [0.15, 0.2) is 534 Å². The van der Waals surface area contributed by atoms with E-state index in [-0.39, 0.29) is 0 Å². The average molecular weight is 1680 g/mol. The first-order chi connectivity index (χ1) is 64.6. The molecule has 0 N–H and O–H groups in total. The van der Waals surface area contributed by atoms with E-state index in [1.54, 1.807) is 0 Å². The van der Waals surface area contributed by atoms with E-state index >= 15 is 0 Å². The minimum Gasteiger partial charge on any atom is -0.311 e. The van der Waals surface area contributed by atoms with Gasteiger partial charge in [-0.25, -0.2) is 0 Å². The van der Waals surface area contributed by atoms with Gasteiger partial charge in [-0.3, -0.25) is 0 Å². The van der Waals surface area contributed by atoms with Crippen LogP contribution in [0.4, 0.5) is 102 Å². The number of nitrogens with zero attached hydrogens (tertiary/aromatic N) is 6. The van der Waals surface area contributed by atoms with Crippen molar-refractivity contribution in [1.29, 1.82) is 0 Å². The SMILES string of the molecule is CC.CC.CC.c1ccc(N(c2ccccc2)c2c3ccccc3c(N(c3ccccc3)c3ccccc3)c3ccccc23)cc1.c1ccc(N(c2ccccc2)c2ccc(-c3ccc(-c4ccc(N(c5ccccc5)c5ccccc5)cc4)cc3)cc2)cc1.c1ccc(N(c2ccccc2)c2ccc(N(c3ccccc3)c3c4ccccc4cc4ccccc34)cc2)cc1. The molecule has 632 valence electrons. The van der Waals surface area contributed by atoms with E-state index in [9.17, 15) is 0 Å². The fourth-order valence-corrected chi connectivity index (χ4v) is 16.9. The van der Waals surface area contributed by atoms with Crippen LogP contribution in [0.1, 0.15) is 41.5 Å². The van der Waals surface area contributed by atoms with Gasteiger partial charge < -0.3 is 29.4 Å². The van der Waals surface area contributed by atoms with Crippen LogP contribution in [0.5, 0.6) is 0 Å². The van der Waals surface area contributed by atoms with Crippen LogP contribution in [0.25, 0.3) is 65.3 Å². The van der Waals surface area contributed by atoms with Crippen LogP contribution < -0.4 is 29.4 Å². The second kappa shape index (κ2) is 43.4. The summed E-state index contributed by atoms with van der Waals surface area (Å²) >= 11 is 0. The summed E-state index contributed by atoms with van der Waals surface area (Å²) < 4.78 is 0. The van der Waals surface area contributed by atoms with Crippen LogP contribution in [0.2, 0.25) is 0 Å². The molecule has 0 saturated carbocycles. The Morgan fingerprint density at radius 3 is 0.423 bits per heavy atom. The summed E-state index contributed by atoms with van der Waals surface area (Å²) in [6, 6.07) is 189. The van der Waals surface area contributed by atoms with Gasteiger partial charge in [0.15, 0.2) is 0 Å². The molecule has 130 heavy (non-hydrogen) atoms. The molecule has 6 nitrogen and oxygen atoms in total. The number of hydrogen-bond donors (Lipinski definition) is 0. The summed E-state index contributed by atoms with van der Waals surface area (Å²) in [5, 5.41) is 9.69. The molecule has 21 aromatic carbocycles. The van der Waals surface area contributed by atoms with Gasteiger partial charge in [0, 0.05) is 118 Å². The largest absolute Gasteiger partial charge is 0.311 e. The molecule has 0 radical (unpaired) electrons. The first kappa shape index (κ1) is 87.0. The molecule has 0 aliphatic heterocycles. The maximum atomic E-state index is 2.39. The first-order valence-corrected chi connectivity index (χ1v) is 45.2. The van der Waals surface area contributed by atoms with E-state index in [1.165, 1.54) is 82.4 Å². The molecule has 0 fully saturated rings. The molecule has 0 atom stereocenters. The zero-order valence-electron chi connectivity index (χ0n) is 74.5. The Morgan fingerprint density at radius 1 is 0.108 bits per heavy atom. The second-order valence-electron chi connectivity index (χ2n) is 30.3. The van der Waals surface area contributed by atoms with Gasteiger partial charge in [0.05, 0.1) is 17.1 Å². The third-order valence-corrected chi connectivity index (χ3v) is 22.6. The molecule has 0 heterocycles. The maximum absolute atomic E-state index is 2.39. The van der Waals surface area contributed by atoms with E-state index < -0.39 is 0 Å². The highest BCUT2D eigenvalue weighted by atomic mass is 15.2. The summed E-state index contributed by atoms with van der Waals surface area (Å²) in [6.07, 6.45) is 0. The van der Waals surface area contributed by atoms with E-state index in [4.69, 9.17) is 0 Å². The van der Waals surface area contributed by atoms with E-state index in [1.807, 2.05) is 41.5 Å². The smallest absolute Gasteiger partial charge is 0.0619 e. The fraction of sp³-hybridized carbons (Fsp3) is 0.0484. The molecular weight excluding hydrogens is 1570 g/mol. The zero-order valence-corrected chi connectivity index (χ0v) is 74.5. The van der Waals surface area contributed by atoms with Crippen molar-refractivity contribution < 1.29 is 0 Å². The Hall–Kier alpha value is -16.5. The van der Waals surface area contributed by atoms with Crippen LogP contribution >= 0.6 is 0 Å². The number of anilines is 18. The fourth-order valence-electron chi connectivity index (χ4n) is 16.9. The third kappa shape index (κ3) is 19.6. The standard InChI is InChI=1S/C42H32N2.2C38H28N2.3C2H6/c1-5-13-37(14-6-1)43(38-15-7-2-8-16-38)41-29-25-35(26-30-41)33-21-23-34(24-22-33)36-27-31-42(32-28-36)44(39-17-9-3-10-18-39)40-19-11-4-12-20-40;1-5-17-29(18-6-1)39(30-19-7-2-8-20-30)37-33-25-13-15-27-35(33)38(36-28-16-14-26-34(36)37)40(31-21-9-3-10-22-31)32-23-11-4-12-24-32;1-4-16-31(17-5-1)39(32-18-6-2-7-19-32)34-24-26-35(27-25-34)40(33-20-8-3-9-21-33)38-36-22-12-10-14-29(36)28-30-15-11-13-23-37(30)38;3*1-2/h1-32H;2*1-28H;3*1-2H3. The monoisotopic (exact) mass is 1680 g/mol. The number of hydrogen-bond acceptors (Lipinski definition) is 6. The average Bonchev–Trinajstić information content (AvgIpc) is 0.724. The van der Waals surface area contributed by atoms with E-state index in [0.717, 1.165) is 85.3 Å². The summed E-state index contributed by atoms with van der Waals surface area (Å²) in [5.74, 6) is 0. The van der Waals surface area contributed by atoms with Gasteiger partial charge in [-0.15, -0.1) is 0 Å². The van der Waals surface area contributed by atoms with Crippen molar-refractivity contribution in [2.45, 2.75) is 41.5 Å². The minimum atomic E-state index is 1.11. The molecule has 0 unspecified atom stereocenters. The molecule has 0 aliphatic carbocycles. The van der Waals surface area contributed by atoms with Gasteiger partial charge >= 0.3 is 0 Å². The van der Waals surface area contributed by atoms with Crippen molar-refractivity contribution in [3.05, 3.63) is 534 Å². The van der Waals surface area contributed by atoms with Crippen LogP contribution in [0, 0.1) is 0 Å². The lowest BCUT2D eigenvalue weighted by molar-refractivity contribution is 1.26. The molecule has 0 bridgehead atoms. The highest BCUT2D eigenvalue weighted by molar-refractivity contribution is 6.23. The second-order valence-corrected chi connectivity index (χ2v) is 30.3. The Kier molecular flexibility index (Phi) is 29.0. The molecule has 0 saturated heterocycles. The molecular formula is C124H106N6. The summed E-state index contributed by atoms with van der Waals surface area (Å²) in [6.45, 7) is 12.0. The maximum Gasteiger partial charge on any atom is 0.0619 e. The van der Waals surface area contributed by atoms with Crippen LogP contribution in [0.3, 0.4) is 0 Å². The van der Waals surface area contributed by atoms with E-state index in [0.29, 0.717) is 0 Å². The quantitative estimate of drug-likeness (QED) is 0.0556. The zero-order chi connectivity index (χ0) is 89.0. The minimum absolute atomic E-state index is 1.11. The summed E-state index contributed by atoms with van der Waals surface area (Å²) in [4.78, 5) is 14.0. The Bertz CT molecular complexity index is 6370. The molecule has 0 aliphatic rings. The van der Waals surface area contributed by atoms with Crippen molar-refractivity contribution in [2.24, 2.45) is 0 Å². The summed E-state index contributed by atoms with van der Waals surface area (Å²) in [5.41, 5.74) is 25.2. The molecule has 0 spiro atoms. The van der Waals surface area contributed by atoms with Crippen molar-refractivity contribution in [2.75, 3.05) is 29.4 Å². The van der Waals surface area contributed by atoms with Gasteiger partial charge in [-0.2, -0.15) is 0 Å². The van der Waals surface area contributed by atoms with Crippen molar-refractivity contribution >= 4 is 145 Å². The van der Waals surface area contributed by atoms with E-state index in [2.05, 4.69) is 563 Å². The molecule has 21 aromatic rings. The number of fused-ring (bicyclic) bond motifs is 4. The highest BCUT2D eigenvalue weighted by Gasteiger charge is 2.27. The number of benzene rings is 21. The van der Waals surface area contributed by atoms with Crippen LogP contribution in [-0.2, 0) is 0 Å². The summed E-state index contributed by atoms with van der Waals surface area (Å²) in [7, 11) is 0. The molecule has 0 aromatic heterocycles. The van der Waals surface area contributed by atoms with Crippen molar-refractivity contribution in [1.82, 2.24) is 0 Å². The van der Waals surface area contributed by atoms with Crippen molar-refractivity contribution in [3.63, 3.8) is 0 Å². The van der Waals surface area contributed by atoms with Crippen LogP contribution in [-0.4, -0.2) is 0 Å². The lowest BCUT2D eigenvalue weighted by Crippen LogP contribution is -2.14. The lowest BCUT2D eigenvalue weighted by atomic mass is 9.95.